The van der Waals surface area contributed by atoms with E-state index in [0.717, 1.165) is 0 Å². The van der Waals surface area contributed by atoms with Crippen LogP contribution in [-0.4, -0.2) is 12.1 Å². The topological polar surface area (TPSA) is 22.1 Å². The quantitative estimate of drug-likeness (QED) is 0.818. The first-order valence-corrected chi connectivity index (χ1v) is 6.08. The summed E-state index contributed by atoms with van der Waals surface area (Å²) >= 11 is 0. The zero-order chi connectivity index (χ0) is 12.5. The van der Waals surface area contributed by atoms with Crippen molar-refractivity contribution in [3.8, 4) is 17.0 Å². The molecule has 1 aliphatic carbocycles. The predicted octanol–water partition coefficient (Wildman–Crippen LogP) is 3.77. The van der Waals surface area contributed by atoms with E-state index in [9.17, 15) is 4.39 Å². The van der Waals surface area contributed by atoms with Crippen molar-refractivity contribution in [3.05, 3.63) is 47.9 Å². The van der Waals surface area contributed by atoms with Gasteiger partial charge in [-0.15, -0.1) is 0 Å². The molecule has 1 aliphatic rings. The van der Waals surface area contributed by atoms with Gasteiger partial charge in [-0.05, 0) is 48.6 Å². The average Bonchev–Trinajstić information content (AvgIpc) is 3.24. The molecule has 0 radical (unpaired) electrons. The summed E-state index contributed by atoms with van der Waals surface area (Å²) in [4.78, 5) is 4.35. The van der Waals surface area contributed by atoms with Gasteiger partial charge in [0, 0.05) is 11.8 Å². The van der Waals surface area contributed by atoms with E-state index in [1.807, 2.05) is 18.3 Å². The van der Waals surface area contributed by atoms with E-state index in [2.05, 4.69) is 4.98 Å². The van der Waals surface area contributed by atoms with Crippen LogP contribution in [0.1, 0.15) is 24.3 Å². The van der Waals surface area contributed by atoms with Crippen molar-refractivity contribution >= 4 is 0 Å². The van der Waals surface area contributed by atoms with E-state index in [1.165, 1.54) is 24.5 Å². The zero-order valence-corrected chi connectivity index (χ0v) is 10.2. The van der Waals surface area contributed by atoms with E-state index < -0.39 is 0 Å². The molecule has 0 unspecified atom stereocenters. The predicted molar refractivity (Wildman–Crippen MR) is 68.2 cm³/mol. The number of ether oxygens (including phenoxy) is 1. The van der Waals surface area contributed by atoms with E-state index in [1.54, 1.807) is 19.2 Å². The number of halogens is 1. The lowest BCUT2D eigenvalue weighted by molar-refractivity contribution is 0.414. The first-order valence-electron chi connectivity index (χ1n) is 6.08. The Bertz CT molecular complexity index is 561. The van der Waals surface area contributed by atoms with Crippen LogP contribution in [0.2, 0.25) is 0 Å². The third kappa shape index (κ3) is 2.08. The fourth-order valence-corrected chi connectivity index (χ4v) is 2.05. The van der Waals surface area contributed by atoms with E-state index in [4.69, 9.17) is 4.74 Å². The average molecular weight is 243 g/mol. The van der Waals surface area contributed by atoms with Crippen molar-refractivity contribution < 1.29 is 9.13 Å². The first-order chi connectivity index (χ1) is 8.78. The van der Waals surface area contributed by atoms with Gasteiger partial charge >= 0.3 is 0 Å². The monoisotopic (exact) mass is 243 g/mol. The minimum atomic E-state index is -0.275. The zero-order valence-electron chi connectivity index (χ0n) is 10.2. The van der Waals surface area contributed by atoms with Crippen LogP contribution in [0.4, 0.5) is 4.39 Å². The summed E-state index contributed by atoms with van der Waals surface area (Å²) in [5.74, 6) is 1.03. The molecule has 1 heterocycles. The normalized spacial score (nSPS) is 14.6. The fourth-order valence-electron chi connectivity index (χ4n) is 2.05. The van der Waals surface area contributed by atoms with Crippen LogP contribution in [0.3, 0.4) is 0 Å². The number of hydrogen-bond donors (Lipinski definition) is 0. The van der Waals surface area contributed by atoms with Crippen molar-refractivity contribution in [2.45, 2.75) is 18.8 Å². The first kappa shape index (κ1) is 11.2. The van der Waals surface area contributed by atoms with Crippen LogP contribution in [-0.2, 0) is 0 Å². The third-order valence-electron chi connectivity index (χ3n) is 3.28. The molecular weight excluding hydrogens is 229 g/mol. The molecule has 0 aliphatic heterocycles. The summed E-state index contributed by atoms with van der Waals surface area (Å²) < 4.78 is 18.9. The Labute approximate surface area is 105 Å². The smallest absolute Gasteiger partial charge is 0.132 e. The van der Waals surface area contributed by atoms with Gasteiger partial charge in [0.25, 0.3) is 0 Å². The largest absolute Gasteiger partial charge is 0.497 e. The SMILES string of the molecule is COc1ccc(F)c(-c2ccc(C3CC3)cn2)c1. The van der Waals surface area contributed by atoms with Crippen molar-refractivity contribution in [3.63, 3.8) is 0 Å². The van der Waals surface area contributed by atoms with Crippen LogP contribution in [0, 0.1) is 5.82 Å². The van der Waals surface area contributed by atoms with Crippen molar-refractivity contribution in [2.75, 3.05) is 7.11 Å². The van der Waals surface area contributed by atoms with Gasteiger partial charge in [-0.3, -0.25) is 4.98 Å². The van der Waals surface area contributed by atoms with Gasteiger partial charge in [-0.1, -0.05) is 6.07 Å². The van der Waals surface area contributed by atoms with Crippen molar-refractivity contribution in [1.82, 2.24) is 4.98 Å². The molecule has 0 atom stereocenters. The molecule has 0 N–H and O–H groups in total. The summed E-state index contributed by atoms with van der Waals surface area (Å²) in [5.41, 5.74) is 2.38. The minimum Gasteiger partial charge on any atom is -0.497 e. The molecule has 92 valence electrons. The Kier molecular flexibility index (Phi) is 2.74. The number of methoxy groups -OCH3 is 1. The van der Waals surface area contributed by atoms with E-state index in [0.29, 0.717) is 22.9 Å². The van der Waals surface area contributed by atoms with Crippen LogP contribution >= 0.6 is 0 Å². The molecule has 0 amide bonds. The number of rotatable bonds is 3. The summed E-state index contributed by atoms with van der Waals surface area (Å²) in [7, 11) is 1.57. The number of benzene rings is 1. The van der Waals surface area contributed by atoms with Crippen molar-refractivity contribution in [2.24, 2.45) is 0 Å². The Morgan fingerprint density at radius 1 is 1.22 bits per heavy atom. The molecule has 3 heteroatoms. The molecule has 2 aromatic rings. The molecule has 3 rings (SSSR count). The molecule has 1 aromatic carbocycles. The summed E-state index contributed by atoms with van der Waals surface area (Å²) in [5, 5.41) is 0. The second-order valence-electron chi connectivity index (χ2n) is 4.60. The van der Waals surface area contributed by atoms with Crippen LogP contribution in [0.5, 0.6) is 5.75 Å². The van der Waals surface area contributed by atoms with Gasteiger partial charge in [0.2, 0.25) is 0 Å². The molecule has 1 saturated carbocycles. The number of hydrogen-bond acceptors (Lipinski definition) is 2. The standard InChI is InChI=1S/C15H14FNO/c1-18-12-5-6-14(16)13(8-12)15-7-4-11(9-17-15)10-2-3-10/h4-10H,2-3H2,1H3. The summed E-state index contributed by atoms with van der Waals surface area (Å²) in [6.07, 6.45) is 4.34. The summed E-state index contributed by atoms with van der Waals surface area (Å²) in [6, 6.07) is 8.61. The summed E-state index contributed by atoms with van der Waals surface area (Å²) in [6.45, 7) is 0. The highest BCUT2D eigenvalue weighted by Gasteiger charge is 2.23. The molecule has 0 saturated heterocycles. The van der Waals surface area contributed by atoms with Crippen LogP contribution < -0.4 is 4.74 Å². The van der Waals surface area contributed by atoms with Gasteiger partial charge in [-0.2, -0.15) is 0 Å². The maximum atomic E-state index is 13.8. The highest BCUT2D eigenvalue weighted by molar-refractivity contribution is 5.62. The lowest BCUT2D eigenvalue weighted by Gasteiger charge is -2.06. The number of aromatic nitrogens is 1. The molecule has 2 nitrogen and oxygen atoms in total. The molecule has 1 aromatic heterocycles. The molecule has 0 bridgehead atoms. The highest BCUT2D eigenvalue weighted by atomic mass is 19.1. The molecular formula is C15H14FNO. The fraction of sp³-hybridized carbons (Fsp3) is 0.267. The maximum Gasteiger partial charge on any atom is 0.132 e. The van der Waals surface area contributed by atoms with Gasteiger partial charge in [0.05, 0.1) is 12.8 Å². The second-order valence-corrected chi connectivity index (χ2v) is 4.60. The lowest BCUT2D eigenvalue weighted by atomic mass is 10.1. The Balaban J connectivity index is 1.97. The highest BCUT2D eigenvalue weighted by Crippen LogP contribution is 2.40. The number of nitrogens with zero attached hydrogens (tertiary/aromatic N) is 1. The van der Waals surface area contributed by atoms with Gasteiger partial charge < -0.3 is 4.74 Å². The minimum absolute atomic E-state index is 0.275. The third-order valence-corrected chi connectivity index (χ3v) is 3.28. The number of pyridine rings is 1. The van der Waals surface area contributed by atoms with Gasteiger partial charge in [-0.25, -0.2) is 4.39 Å². The Hall–Kier alpha value is -1.90. The lowest BCUT2D eigenvalue weighted by Crippen LogP contribution is -1.91. The Morgan fingerprint density at radius 2 is 2.06 bits per heavy atom. The Morgan fingerprint density at radius 3 is 2.67 bits per heavy atom. The van der Waals surface area contributed by atoms with E-state index >= 15 is 0 Å². The van der Waals surface area contributed by atoms with Gasteiger partial charge in [0.15, 0.2) is 0 Å². The van der Waals surface area contributed by atoms with Gasteiger partial charge in [0.1, 0.15) is 11.6 Å². The van der Waals surface area contributed by atoms with Crippen molar-refractivity contribution in [1.29, 1.82) is 0 Å². The maximum absolute atomic E-state index is 13.8. The molecule has 1 fully saturated rings. The van der Waals surface area contributed by atoms with E-state index in [-0.39, 0.29) is 5.82 Å². The second kappa shape index (κ2) is 4.41. The molecule has 18 heavy (non-hydrogen) atoms. The van der Waals surface area contributed by atoms with Crippen LogP contribution in [0.15, 0.2) is 36.5 Å². The molecule has 0 spiro atoms. The van der Waals surface area contributed by atoms with Crippen LogP contribution in [0.25, 0.3) is 11.3 Å².